The number of rotatable bonds is 2. The molecular formula is C20H8Cl4O6. The van der Waals surface area contributed by atoms with E-state index in [9.17, 15) is 24.9 Å². The van der Waals surface area contributed by atoms with Crippen molar-refractivity contribution < 1.29 is 24.5 Å². The van der Waals surface area contributed by atoms with Gasteiger partial charge < -0.3 is 19.7 Å². The molecule has 0 amide bonds. The number of benzene rings is 3. The summed E-state index contributed by atoms with van der Waals surface area (Å²) in [7, 11) is 0. The number of hydrogen-bond donors (Lipinski definition) is 3. The number of hydrogen-bond acceptors (Lipinski definition) is 5. The maximum atomic E-state index is 11.9. The van der Waals surface area contributed by atoms with E-state index in [4.69, 9.17) is 50.8 Å². The van der Waals surface area contributed by atoms with Gasteiger partial charge in [0.2, 0.25) is 5.43 Å². The van der Waals surface area contributed by atoms with Crippen molar-refractivity contribution in [2.24, 2.45) is 0 Å². The van der Waals surface area contributed by atoms with Gasteiger partial charge in [0.1, 0.15) is 22.7 Å². The Bertz CT molecular complexity index is 1410. The Balaban J connectivity index is 2.28. The quantitative estimate of drug-likeness (QED) is 0.175. The second kappa shape index (κ2) is 7.25. The first-order valence-electron chi connectivity index (χ1n) is 8.13. The summed E-state index contributed by atoms with van der Waals surface area (Å²) >= 11 is 24.8. The summed E-state index contributed by atoms with van der Waals surface area (Å²) in [5.74, 6) is -2.42. The number of phenols is 2. The van der Waals surface area contributed by atoms with Crippen LogP contribution < -0.4 is 5.43 Å². The Morgan fingerprint density at radius 2 is 1.53 bits per heavy atom. The van der Waals surface area contributed by atoms with Gasteiger partial charge >= 0.3 is 5.97 Å². The number of phenolic OH excluding ortho intramolecular Hbond substituents is 1. The molecule has 10 heteroatoms. The Morgan fingerprint density at radius 1 is 0.833 bits per heavy atom. The maximum Gasteiger partial charge on any atom is 0.339 e. The molecule has 2 aromatic carbocycles. The zero-order valence-electron chi connectivity index (χ0n) is 14.5. The van der Waals surface area contributed by atoms with Crippen molar-refractivity contribution in [3.63, 3.8) is 0 Å². The molecule has 0 unspecified atom stereocenters. The average molecular weight is 486 g/mol. The third kappa shape index (κ3) is 3.13. The fourth-order valence-corrected chi connectivity index (χ4v) is 4.05. The van der Waals surface area contributed by atoms with Crippen LogP contribution in [0, 0.1) is 0 Å². The molecule has 0 radical (unpaired) electrons. The van der Waals surface area contributed by atoms with Gasteiger partial charge in [-0.25, -0.2) is 4.79 Å². The molecule has 1 aliphatic carbocycles. The van der Waals surface area contributed by atoms with Crippen LogP contribution in [0.1, 0.15) is 10.4 Å². The number of carboxylic acids is 1. The number of fused-ring (bicyclic) bond motifs is 2. The molecule has 0 saturated carbocycles. The van der Waals surface area contributed by atoms with Crippen molar-refractivity contribution in [3.8, 4) is 33.9 Å². The first-order valence-corrected chi connectivity index (χ1v) is 9.64. The van der Waals surface area contributed by atoms with E-state index in [0.29, 0.717) is 0 Å². The highest BCUT2D eigenvalue weighted by Crippen LogP contribution is 2.48. The molecule has 0 aromatic heterocycles. The maximum absolute atomic E-state index is 11.9. The van der Waals surface area contributed by atoms with Gasteiger partial charge in [-0.1, -0.05) is 46.4 Å². The number of carboxylic acid groups (broad SMARTS) is 1. The molecule has 30 heavy (non-hydrogen) atoms. The van der Waals surface area contributed by atoms with Crippen LogP contribution in [0.2, 0.25) is 20.1 Å². The minimum absolute atomic E-state index is 0.00973. The molecule has 4 rings (SSSR count). The van der Waals surface area contributed by atoms with E-state index in [0.717, 1.165) is 18.2 Å². The lowest BCUT2D eigenvalue weighted by atomic mass is 9.92. The smallest absolute Gasteiger partial charge is 0.339 e. The summed E-state index contributed by atoms with van der Waals surface area (Å²) in [4.78, 5) is 23.5. The number of carbonyl (C=O) groups is 1. The molecule has 1 heterocycles. The Hall–Kier alpha value is -2.64. The van der Waals surface area contributed by atoms with Crippen molar-refractivity contribution in [3.05, 3.63) is 66.2 Å². The van der Waals surface area contributed by atoms with Crippen LogP contribution in [-0.4, -0.2) is 21.3 Å². The lowest BCUT2D eigenvalue weighted by Crippen LogP contribution is -2.03. The third-order valence-electron chi connectivity index (χ3n) is 4.52. The second-order valence-electron chi connectivity index (χ2n) is 6.31. The fraction of sp³-hybridized carbons (Fsp3) is 0. The van der Waals surface area contributed by atoms with Crippen LogP contribution in [0.5, 0.6) is 11.5 Å². The molecule has 6 nitrogen and oxygen atoms in total. The molecule has 152 valence electrons. The zero-order chi connectivity index (χ0) is 21.9. The summed E-state index contributed by atoms with van der Waals surface area (Å²) in [5.41, 5.74) is -0.274. The average Bonchev–Trinajstić information content (AvgIpc) is 2.68. The summed E-state index contributed by atoms with van der Waals surface area (Å²) < 4.78 is 5.68. The molecule has 0 atom stereocenters. The Labute approximate surface area is 187 Å². The molecule has 3 N–H and O–H groups in total. The van der Waals surface area contributed by atoms with Gasteiger partial charge in [0.05, 0.1) is 20.1 Å². The van der Waals surface area contributed by atoms with E-state index in [1.165, 1.54) is 12.1 Å². The highest BCUT2D eigenvalue weighted by Gasteiger charge is 2.25. The number of halogens is 4. The lowest BCUT2D eigenvalue weighted by Gasteiger charge is -2.18. The van der Waals surface area contributed by atoms with E-state index in [1.807, 2.05) is 0 Å². The highest BCUT2D eigenvalue weighted by molar-refractivity contribution is 6.53. The first kappa shape index (κ1) is 20.6. The van der Waals surface area contributed by atoms with E-state index in [2.05, 4.69) is 0 Å². The molecule has 1 aliphatic heterocycles. The van der Waals surface area contributed by atoms with Gasteiger partial charge in [0.25, 0.3) is 0 Å². The summed E-state index contributed by atoms with van der Waals surface area (Å²) in [6.07, 6.45) is 0. The lowest BCUT2D eigenvalue weighted by molar-refractivity contribution is 0.0694. The predicted octanol–water partition coefficient (Wildman–Crippen LogP) is 6.29. The second-order valence-corrected chi connectivity index (χ2v) is 7.85. The van der Waals surface area contributed by atoms with Crippen LogP contribution in [0.3, 0.4) is 0 Å². The number of aromatic carboxylic acids is 1. The van der Waals surface area contributed by atoms with Crippen LogP contribution in [0.25, 0.3) is 33.4 Å². The topological polar surface area (TPSA) is 108 Å². The van der Waals surface area contributed by atoms with E-state index < -0.39 is 28.5 Å². The van der Waals surface area contributed by atoms with Crippen molar-refractivity contribution in [1.82, 2.24) is 0 Å². The standard InChI is InChI=1S/C20H8Cl4O6/c21-10-2-9(17(22)19(24)18(10)23)16-7-1-6(20(28)29)11(25)4-14(7)30-15-5-13(27)12(26)3-8(15)16/h1-5,25-26H,(H,28,29). The van der Waals surface area contributed by atoms with Crippen LogP contribution in [-0.2, 0) is 0 Å². The molecule has 0 spiro atoms. The van der Waals surface area contributed by atoms with Crippen LogP contribution >= 0.6 is 46.4 Å². The SMILES string of the molecule is O=C(O)c1cc2c(-c3cc(Cl)c(Cl)c(Cl)c3Cl)c3cc(O)c(=O)cc-3oc2cc1O. The van der Waals surface area contributed by atoms with Crippen LogP contribution in [0.4, 0.5) is 0 Å². The normalized spacial score (nSPS) is 11.3. The van der Waals surface area contributed by atoms with E-state index >= 15 is 0 Å². The van der Waals surface area contributed by atoms with Gasteiger partial charge in [0.15, 0.2) is 5.75 Å². The number of aromatic hydroxyl groups is 2. The highest BCUT2D eigenvalue weighted by atomic mass is 35.5. The minimum atomic E-state index is -1.38. The summed E-state index contributed by atoms with van der Waals surface area (Å²) in [5, 5.41) is 29.7. The summed E-state index contributed by atoms with van der Waals surface area (Å²) in [6.45, 7) is 0. The zero-order valence-corrected chi connectivity index (χ0v) is 17.5. The molecule has 2 aliphatic rings. The van der Waals surface area contributed by atoms with Gasteiger partial charge in [-0.15, -0.1) is 0 Å². The largest absolute Gasteiger partial charge is 0.507 e. The predicted molar refractivity (Wildman–Crippen MR) is 115 cm³/mol. The van der Waals surface area contributed by atoms with Gasteiger partial charge in [-0.05, 0) is 18.2 Å². The molecule has 0 bridgehead atoms. The molecule has 0 saturated heterocycles. The van der Waals surface area contributed by atoms with Crippen molar-refractivity contribution >= 4 is 63.3 Å². The van der Waals surface area contributed by atoms with Crippen LogP contribution in [0.15, 0.2) is 39.5 Å². The van der Waals surface area contributed by atoms with Crippen molar-refractivity contribution in [1.29, 1.82) is 0 Å². The molecular weight excluding hydrogens is 478 g/mol. The van der Waals surface area contributed by atoms with Gasteiger partial charge in [0, 0.05) is 34.2 Å². The minimum Gasteiger partial charge on any atom is -0.507 e. The molecule has 2 aromatic rings. The third-order valence-corrected chi connectivity index (χ3v) is 6.27. The molecule has 0 fully saturated rings. The van der Waals surface area contributed by atoms with E-state index in [-0.39, 0.29) is 53.5 Å². The Morgan fingerprint density at radius 3 is 2.20 bits per heavy atom. The van der Waals surface area contributed by atoms with Gasteiger partial charge in [-0.3, -0.25) is 4.79 Å². The van der Waals surface area contributed by atoms with Crippen molar-refractivity contribution in [2.75, 3.05) is 0 Å². The Kier molecular flexibility index (Phi) is 4.98. The first-order chi connectivity index (χ1) is 14.1. The van der Waals surface area contributed by atoms with Crippen molar-refractivity contribution in [2.45, 2.75) is 0 Å². The van der Waals surface area contributed by atoms with E-state index in [1.54, 1.807) is 0 Å². The fourth-order valence-electron chi connectivity index (χ4n) is 3.16. The summed E-state index contributed by atoms with van der Waals surface area (Å²) in [6, 6.07) is 5.92. The monoisotopic (exact) mass is 484 g/mol. The van der Waals surface area contributed by atoms with Gasteiger partial charge in [-0.2, -0.15) is 0 Å².